The van der Waals surface area contributed by atoms with Crippen molar-refractivity contribution in [3.05, 3.63) is 96.0 Å². The number of carbonyl (C=O) groups excluding carboxylic acids is 1. The van der Waals surface area contributed by atoms with Crippen molar-refractivity contribution in [2.24, 2.45) is 0 Å². The van der Waals surface area contributed by atoms with Gasteiger partial charge in [-0.3, -0.25) is 9.59 Å². The van der Waals surface area contributed by atoms with Crippen LogP contribution in [0.1, 0.15) is 97.8 Å². The number of aromatic nitrogens is 2. The van der Waals surface area contributed by atoms with E-state index >= 15 is 0 Å². The summed E-state index contributed by atoms with van der Waals surface area (Å²) in [7, 11) is 1.49. The fourth-order valence-corrected chi connectivity index (χ4v) is 6.82. The van der Waals surface area contributed by atoms with Crippen molar-refractivity contribution in [1.29, 1.82) is 0 Å². The molecule has 8 heteroatoms. The lowest BCUT2D eigenvalue weighted by Crippen LogP contribution is -2.53. The molecule has 0 spiro atoms. The average Bonchev–Trinajstić information content (AvgIpc) is 3.44. The molecule has 0 saturated heterocycles. The predicted octanol–water partition coefficient (Wildman–Crippen LogP) is 6.95. The van der Waals surface area contributed by atoms with Crippen molar-refractivity contribution in [3.8, 4) is 17.1 Å². The second kappa shape index (κ2) is 14.7. The maximum atomic E-state index is 14.2. The molecule has 4 rings (SSSR count). The summed E-state index contributed by atoms with van der Waals surface area (Å²) in [6.07, 6.45) is 6.13. The summed E-state index contributed by atoms with van der Waals surface area (Å²) >= 11 is 1.57. The number of benzene rings is 2. The molecule has 0 aliphatic rings. The Morgan fingerprint density at radius 3 is 2.13 bits per heavy atom. The smallest absolute Gasteiger partial charge is 0.280 e. The number of carbonyl (C=O) groups is 1. The molecule has 2 aromatic heterocycles. The van der Waals surface area contributed by atoms with Crippen molar-refractivity contribution < 1.29 is 9.90 Å². The van der Waals surface area contributed by atoms with Crippen LogP contribution in [0.4, 0.5) is 5.13 Å². The van der Waals surface area contributed by atoms with Crippen LogP contribution in [0.5, 0.6) is 5.88 Å². The van der Waals surface area contributed by atoms with Crippen LogP contribution < -0.4 is 25.9 Å². The lowest BCUT2D eigenvalue weighted by Gasteiger charge is -2.22. The SMILES string of the molecule is C=c1c(C)c(O)n(N(C)C(=O)c2ccccc2)c(=O)/c1=C\c1sc(N(CCCC)CCCC)nc1-c1c(C)cc(C(C)(C)C)cc1C. The summed E-state index contributed by atoms with van der Waals surface area (Å²) in [4.78, 5) is 36.1. The van der Waals surface area contributed by atoms with Gasteiger partial charge in [0.2, 0.25) is 5.88 Å². The number of hydrogen-bond acceptors (Lipinski definition) is 6. The molecule has 0 unspecified atom stereocenters. The van der Waals surface area contributed by atoms with Crippen LogP contribution in [0.2, 0.25) is 0 Å². The lowest BCUT2D eigenvalue weighted by atomic mass is 9.83. The summed E-state index contributed by atoms with van der Waals surface area (Å²) in [5.74, 6) is -0.734. The Morgan fingerprint density at radius 1 is 1.02 bits per heavy atom. The van der Waals surface area contributed by atoms with Crippen LogP contribution in [-0.2, 0) is 5.41 Å². The average molecular weight is 655 g/mol. The number of amides is 1. The molecule has 0 bridgehead atoms. The molecule has 0 saturated carbocycles. The first-order chi connectivity index (χ1) is 22.2. The van der Waals surface area contributed by atoms with Gasteiger partial charge in [-0.05, 0) is 79.1 Å². The molecule has 0 fully saturated rings. The highest BCUT2D eigenvalue weighted by Crippen LogP contribution is 2.39. The largest absolute Gasteiger partial charge is 0.493 e. The highest BCUT2D eigenvalue weighted by atomic mass is 32.1. The Morgan fingerprint density at radius 2 is 1.60 bits per heavy atom. The van der Waals surface area contributed by atoms with Crippen LogP contribution in [0.3, 0.4) is 0 Å². The van der Waals surface area contributed by atoms with Gasteiger partial charge in [0.1, 0.15) is 0 Å². The van der Waals surface area contributed by atoms with Gasteiger partial charge in [-0.2, -0.15) is 4.68 Å². The molecule has 47 heavy (non-hydrogen) atoms. The monoisotopic (exact) mass is 654 g/mol. The van der Waals surface area contributed by atoms with Crippen molar-refractivity contribution in [3.63, 3.8) is 0 Å². The number of rotatable bonds is 11. The number of anilines is 1. The minimum atomic E-state index is -0.531. The van der Waals surface area contributed by atoms with E-state index < -0.39 is 11.5 Å². The number of nitrogens with zero attached hydrogens (tertiary/aromatic N) is 4. The van der Waals surface area contributed by atoms with E-state index in [-0.39, 0.29) is 11.3 Å². The van der Waals surface area contributed by atoms with Crippen molar-refractivity contribution in [1.82, 2.24) is 9.66 Å². The second-order valence-electron chi connectivity index (χ2n) is 13.4. The number of thiazole rings is 1. The summed E-state index contributed by atoms with van der Waals surface area (Å²) in [5.41, 5.74) is 5.66. The number of unbranched alkanes of at least 4 members (excludes halogenated alkanes) is 2. The van der Waals surface area contributed by atoms with Gasteiger partial charge < -0.3 is 10.0 Å². The van der Waals surface area contributed by atoms with E-state index in [1.54, 1.807) is 42.5 Å². The van der Waals surface area contributed by atoms with Gasteiger partial charge in [-0.15, -0.1) is 0 Å². The third-order valence-electron chi connectivity index (χ3n) is 8.74. The molecular weight excluding hydrogens is 605 g/mol. The summed E-state index contributed by atoms with van der Waals surface area (Å²) in [6, 6.07) is 13.2. The van der Waals surface area contributed by atoms with Crippen LogP contribution in [0.25, 0.3) is 23.9 Å². The van der Waals surface area contributed by atoms with E-state index in [4.69, 9.17) is 4.98 Å². The van der Waals surface area contributed by atoms with Gasteiger partial charge in [0.25, 0.3) is 11.5 Å². The Balaban J connectivity index is 2.01. The minimum absolute atomic E-state index is 0.00596. The van der Waals surface area contributed by atoms with Crippen LogP contribution in [0.15, 0.2) is 47.3 Å². The first-order valence-electron chi connectivity index (χ1n) is 16.6. The predicted molar refractivity (Wildman–Crippen MR) is 198 cm³/mol. The van der Waals surface area contributed by atoms with Crippen LogP contribution in [0, 0.1) is 20.8 Å². The third-order valence-corrected chi connectivity index (χ3v) is 9.80. The van der Waals surface area contributed by atoms with Gasteiger partial charge >= 0.3 is 0 Å². The number of pyridine rings is 1. The van der Waals surface area contributed by atoms with Gasteiger partial charge in [0.05, 0.1) is 15.8 Å². The first kappa shape index (κ1) is 35.7. The fourth-order valence-electron chi connectivity index (χ4n) is 5.76. The molecule has 0 radical (unpaired) electrons. The molecule has 4 aromatic rings. The molecule has 1 amide bonds. The quantitative estimate of drug-likeness (QED) is 0.189. The number of aryl methyl sites for hydroxylation is 2. The Bertz CT molecular complexity index is 1890. The zero-order chi connectivity index (χ0) is 34.6. The van der Waals surface area contributed by atoms with E-state index in [0.717, 1.165) is 80.9 Å². The molecule has 7 nitrogen and oxygen atoms in total. The fraction of sp³-hybridized carbons (Fsp3) is 0.410. The van der Waals surface area contributed by atoms with Crippen LogP contribution >= 0.6 is 11.3 Å². The molecule has 0 aliphatic heterocycles. The molecule has 1 N–H and O–H groups in total. The topological polar surface area (TPSA) is 78.7 Å². The van der Waals surface area contributed by atoms with E-state index in [1.165, 1.54) is 12.6 Å². The highest BCUT2D eigenvalue weighted by molar-refractivity contribution is 7.16. The Labute approximate surface area is 283 Å². The normalized spacial score (nSPS) is 12.1. The minimum Gasteiger partial charge on any atom is -0.493 e. The molecular formula is C39H50N4O3S. The molecule has 250 valence electrons. The van der Waals surface area contributed by atoms with Gasteiger partial charge in [0.15, 0.2) is 5.13 Å². The lowest BCUT2D eigenvalue weighted by molar-refractivity contribution is 0.0961. The first-order valence-corrected chi connectivity index (χ1v) is 17.4. The van der Waals surface area contributed by atoms with Crippen molar-refractivity contribution in [2.75, 3.05) is 30.0 Å². The third kappa shape index (κ3) is 7.54. The number of hydrogen-bond donors (Lipinski definition) is 1. The van der Waals surface area contributed by atoms with E-state index in [0.29, 0.717) is 21.6 Å². The van der Waals surface area contributed by atoms with E-state index in [1.807, 2.05) is 12.1 Å². The molecule has 2 aromatic carbocycles. The molecule has 2 heterocycles. The maximum Gasteiger partial charge on any atom is 0.280 e. The standard InChI is InChI=1S/C39H50N4O3S/c1-11-13-20-42(21-14-12-2)38-40-34(33-25(3)22-30(23-26(33)4)39(7,8)9)32(47-38)24-31-27(5)28(6)35(44)43(37(31)46)41(10)36(45)29-18-16-15-17-19-29/h15-19,22-24,44H,5,11-14,20-21H2,1-4,6-10H3/b31-24-. The summed E-state index contributed by atoms with van der Waals surface area (Å²) < 4.78 is 1.04. The summed E-state index contributed by atoms with van der Waals surface area (Å²) in [5, 5.41) is 14.0. The van der Waals surface area contributed by atoms with Gasteiger partial charge in [-0.25, -0.2) is 9.99 Å². The molecule has 0 aliphatic carbocycles. The number of aromatic hydroxyl groups is 1. The summed E-state index contributed by atoms with van der Waals surface area (Å²) in [6.45, 7) is 23.0. The maximum absolute atomic E-state index is 14.2. The van der Waals surface area contributed by atoms with Crippen molar-refractivity contribution >= 4 is 35.0 Å². The molecule has 0 atom stereocenters. The highest BCUT2D eigenvalue weighted by Gasteiger charge is 2.24. The zero-order valence-corrected chi connectivity index (χ0v) is 30.3. The second-order valence-corrected chi connectivity index (χ2v) is 14.4. The Hall–Kier alpha value is -4.17. The van der Waals surface area contributed by atoms with Gasteiger partial charge in [0, 0.05) is 36.8 Å². The van der Waals surface area contributed by atoms with Crippen LogP contribution in [-0.4, -0.2) is 40.8 Å². The zero-order valence-electron chi connectivity index (χ0n) is 29.5. The van der Waals surface area contributed by atoms with Crippen molar-refractivity contribution in [2.45, 2.75) is 86.5 Å². The van der Waals surface area contributed by atoms with Gasteiger partial charge in [-0.1, -0.05) is 95.7 Å². The van der Waals surface area contributed by atoms with E-state index in [9.17, 15) is 14.7 Å². The van der Waals surface area contributed by atoms with E-state index in [2.05, 4.69) is 72.1 Å². The Kier molecular flexibility index (Phi) is 11.2.